The lowest BCUT2D eigenvalue weighted by atomic mass is 10.3. The van der Waals surface area contributed by atoms with E-state index in [9.17, 15) is 0 Å². The smallest absolute Gasteiger partial charge is 0.327 e. The number of amidine groups is 2. The standard InChI is InChI=1S/C21H16BrN3O3/c22-25-20(27-17-12-6-2-7-13-17)23-19(26-16-10-4-1-5-11-16)24-21(25)28-18-14-8-3-9-15-18/h1-15,20H. The molecule has 3 aromatic carbocycles. The number of benzene rings is 3. The summed E-state index contributed by atoms with van der Waals surface area (Å²) in [5.41, 5.74) is 0. The molecule has 0 aromatic heterocycles. The molecule has 0 radical (unpaired) electrons. The molecule has 0 bridgehead atoms. The van der Waals surface area contributed by atoms with Crippen molar-refractivity contribution in [1.82, 2.24) is 3.93 Å². The highest BCUT2D eigenvalue weighted by molar-refractivity contribution is 9.07. The number of aliphatic imine (C=N–C) groups is 2. The van der Waals surface area contributed by atoms with Gasteiger partial charge in [0.25, 0.3) is 6.35 Å². The molecule has 0 spiro atoms. The molecule has 0 N–H and O–H groups in total. The maximum Gasteiger partial charge on any atom is 0.327 e. The van der Waals surface area contributed by atoms with Gasteiger partial charge in [0.05, 0.1) is 16.1 Å². The van der Waals surface area contributed by atoms with E-state index in [1.165, 1.54) is 3.93 Å². The highest BCUT2D eigenvalue weighted by Gasteiger charge is 2.30. The molecule has 6 nitrogen and oxygen atoms in total. The van der Waals surface area contributed by atoms with Crippen LogP contribution in [0.25, 0.3) is 0 Å². The van der Waals surface area contributed by atoms with Gasteiger partial charge in [0.15, 0.2) is 0 Å². The second-order valence-corrected chi connectivity index (χ2v) is 6.47. The van der Waals surface area contributed by atoms with Crippen LogP contribution in [0.5, 0.6) is 17.2 Å². The summed E-state index contributed by atoms with van der Waals surface area (Å²) in [5.74, 6) is 1.90. The molecule has 0 aliphatic carbocycles. The second-order valence-electron chi connectivity index (χ2n) is 5.70. The van der Waals surface area contributed by atoms with Crippen LogP contribution in [0.4, 0.5) is 0 Å². The van der Waals surface area contributed by atoms with Crippen molar-refractivity contribution in [2.75, 3.05) is 0 Å². The molecule has 0 saturated heterocycles. The maximum absolute atomic E-state index is 5.95. The van der Waals surface area contributed by atoms with E-state index in [-0.39, 0.29) is 12.0 Å². The summed E-state index contributed by atoms with van der Waals surface area (Å²) < 4.78 is 19.2. The highest BCUT2D eigenvalue weighted by Crippen LogP contribution is 2.23. The third kappa shape index (κ3) is 4.50. The summed E-state index contributed by atoms with van der Waals surface area (Å²) in [6.45, 7) is 0. The van der Waals surface area contributed by atoms with Crippen LogP contribution in [0.15, 0.2) is 101 Å². The lowest BCUT2D eigenvalue weighted by molar-refractivity contribution is 0.132. The zero-order chi connectivity index (χ0) is 19.2. The summed E-state index contributed by atoms with van der Waals surface area (Å²) in [6.07, 6.45) is -0.766. The number of hydrogen-bond acceptors (Lipinski definition) is 6. The molecule has 7 heteroatoms. The lowest BCUT2D eigenvalue weighted by Gasteiger charge is -2.28. The van der Waals surface area contributed by atoms with Gasteiger partial charge in [0.1, 0.15) is 17.2 Å². The van der Waals surface area contributed by atoms with Gasteiger partial charge in [-0.25, -0.2) is 3.93 Å². The number of para-hydroxylation sites is 3. The molecule has 1 aliphatic rings. The Hall–Kier alpha value is -3.32. The minimum Gasteiger partial charge on any atom is -0.449 e. The van der Waals surface area contributed by atoms with Crippen molar-refractivity contribution >= 4 is 28.2 Å². The van der Waals surface area contributed by atoms with Gasteiger partial charge in [-0.05, 0) is 36.4 Å². The second kappa shape index (κ2) is 8.58. The van der Waals surface area contributed by atoms with Crippen molar-refractivity contribution in [1.29, 1.82) is 0 Å². The fraction of sp³-hybridized carbons (Fsp3) is 0.0476. The molecule has 3 aromatic rings. The molecule has 0 amide bonds. The van der Waals surface area contributed by atoms with Gasteiger partial charge in [0, 0.05) is 0 Å². The SMILES string of the molecule is BrN1C(Oc2ccccc2)=NC(Oc2ccccc2)=NC1Oc1ccccc1. The van der Waals surface area contributed by atoms with E-state index in [4.69, 9.17) is 14.2 Å². The number of nitrogens with zero attached hydrogens (tertiary/aromatic N) is 3. The molecule has 1 aliphatic heterocycles. The van der Waals surface area contributed by atoms with Crippen LogP contribution in [0, 0.1) is 0 Å². The molecule has 1 heterocycles. The summed E-state index contributed by atoms with van der Waals surface area (Å²) >= 11 is 3.44. The number of halogens is 1. The van der Waals surface area contributed by atoms with Gasteiger partial charge in [-0.1, -0.05) is 54.6 Å². The predicted molar refractivity (Wildman–Crippen MR) is 111 cm³/mol. The van der Waals surface area contributed by atoms with Gasteiger partial charge in [-0.2, -0.15) is 4.99 Å². The first-order chi connectivity index (χ1) is 13.8. The van der Waals surface area contributed by atoms with Gasteiger partial charge in [-0.3, -0.25) is 0 Å². The van der Waals surface area contributed by atoms with E-state index in [1.54, 1.807) is 0 Å². The topological polar surface area (TPSA) is 55.7 Å². The quantitative estimate of drug-likeness (QED) is 0.547. The first-order valence-corrected chi connectivity index (χ1v) is 9.28. The van der Waals surface area contributed by atoms with E-state index in [1.807, 2.05) is 91.0 Å². The zero-order valence-corrected chi connectivity index (χ0v) is 16.3. The van der Waals surface area contributed by atoms with Crippen molar-refractivity contribution in [2.24, 2.45) is 9.98 Å². The van der Waals surface area contributed by atoms with Crippen LogP contribution in [0.2, 0.25) is 0 Å². The maximum atomic E-state index is 5.95. The van der Waals surface area contributed by atoms with Gasteiger partial charge < -0.3 is 14.2 Å². The van der Waals surface area contributed by atoms with E-state index in [2.05, 4.69) is 26.1 Å². The summed E-state index contributed by atoms with van der Waals surface area (Å²) in [7, 11) is 0. The van der Waals surface area contributed by atoms with Crippen LogP contribution in [0.1, 0.15) is 0 Å². The van der Waals surface area contributed by atoms with Crippen molar-refractivity contribution in [3.63, 3.8) is 0 Å². The van der Waals surface area contributed by atoms with Crippen molar-refractivity contribution in [3.8, 4) is 17.2 Å². The Morgan fingerprint density at radius 1 is 0.679 bits per heavy atom. The fourth-order valence-electron chi connectivity index (χ4n) is 2.39. The normalized spacial score (nSPS) is 16.0. The highest BCUT2D eigenvalue weighted by atomic mass is 79.9. The molecule has 1 unspecified atom stereocenters. The molecule has 140 valence electrons. The molecular weight excluding hydrogens is 422 g/mol. The monoisotopic (exact) mass is 437 g/mol. The van der Waals surface area contributed by atoms with E-state index in [0.717, 1.165) is 0 Å². The van der Waals surface area contributed by atoms with Gasteiger partial charge in [0.2, 0.25) is 0 Å². The fourth-order valence-corrected chi connectivity index (χ4v) is 2.72. The third-order valence-electron chi connectivity index (χ3n) is 3.68. The Kier molecular flexibility index (Phi) is 5.53. The average Bonchev–Trinajstić information content (AvgIpc) is 2.74. The first kappa shape index (κ1) is 18.1. The van der Waals surface area contributed by atoms with Crippen LogP contribution in [-0.4, -0.2) is 22.3 Å². The zero-order valence-electron chi connectivity index (χ0n) is 14.7. The summed E-state index contributed by atoms with van der Waals surface area (Å²) in [4.78, 5) is 8.80. The number of hydrogen-bond donors (Lipinski definition) is 0. The van der Waals surface area contributed by atoms with Gasteiger partial charge >= 0.3 is 12.0 Å². The van der Waals surface area contributed by atoms with Gasteiger partial charge in [-0.15, -0.1) is 4.99 Å². The Morgan fingerprint density at radius 2 is 1.18 bits per heavy atom. The molecule has 0 saturated carbocycles. The number of ether oxygens (including phenoxy) is 3. The Balaban J connectivity index is 1.61. The lowest BCUT2D eigenvalue weighted by Crippen LogP contribution is -2.43. The Labute approximate surface area is 171 Å². The minimum atomic E-state index is -0.766. The van der Waals surface area contributed by atoms with E-state index < -0.39 is 6.35 Å². The van der Waals surface area contributed by atoms with E-state index in [0.29, 0.717) is 17.2 Å². The summed E-state index contributed by atoms with van der Waals surface area (Å²) in [6, 6.07) is 28.4. The largest absolute Gasteiger partial charge is 0.449 e. The molecule has 1 atom stereocenters. The predicted octanol–water partition coefficient (Wildman–Crippen LogP) is 4.84. The molecule has 0 fully saturated rings. The van der Waals surface area contributed by atoms with Crippen molar-refractivity contribution in [2.45, 2.75) is 6.35 Å². The summed E-state index contributed by atoms with van der Waals surface area (Å²) in [5, 5.41) is 0. The van der Waals surface area contributed by atoms with Crippen LogP contribution >= 0.6 is 16.1 Å². The van der Waals surface area contributed by atoms with Crippen LogP contribution in [-0.2, 0) is 0 Å². The Bertz CT molecular complexity index is 966. The van der Waals surface area contributed by atoms with Crippen molar-refractivity contribution < 1.29 is 14.2 Å². The Morgan fingerprint density at radius 3 is 1.75 bits per heavy atom. The van der Waals surface area contributed by atoms with Crippen molar-refractivity contribution in [3.05, 3.63) is 91.0 Å². The van der Waals surface area contributed by atoms with E-state index >= 15 is 0 Å². The molecule has 4 rings (SSSR count). The first-order valence-electron chi connectivity index (χ1n) is 8.57. The average molecular weight is 438 g/mol. The number of rotatable bonds is 4. The molecular formula is C21H16BrN3O3. The minimum absolute atomic E-state index is 0.133. The molecule has 28 heavy (non-hydrogen) atoms. The third-order valence-corrected chi connectivity index (χ3v) is 4.33. The van der Waals surface area contributed by atoms with Crippen LogP contribution < -0.4 is 14.2 Å². The van der Waals surface area contributed by atoms with Crippen LogP contribution in [0.3, 0.4) is 0 Å².